The monoisotopic (exact) mass is 221 g/mol. The maximum absolute atomic E-state index is 11.3. The zero-order chi connectivity index (χ0) is 10.6. The molecule has 0 aliphatic carbocycles. The van der Waals surface area contributed by atoms with Crippen LogP contribution >= 0.6 is 0 Å². The Kier molecular flexibility index (Phi) is 4.34. The van der Waals surface area contributed by atoms with E-state index in [0.717, 1.165) is 13.0 Å². The molecule has 1 rings (SSSR count). The lowest BCUT2D eigenvalue weighted by Crippen LogP contribution is -2.40. The van der Waals surface area contributed by atoms with Gasteiger partial charge in [-0.1, -0.05) is 6.92 Å². The molecule has 5 heteroatoms. The van der Waals surface area contributed by atoms with E-state index >= 15 is 0 Å². The smallest absolute Gasteiger partial charge is 0.150 e. The molecule has 0 aromatic heterocycles. The summed E-state index contributed by atoms with van der Waals surface area (Å²) in [7, 11) is -1.13. The summed E-state index contributed by atoms with van der Waals surface area (Å²) in [4.78, 5) is 0. The van der Waals surface area contributed by atoms with Crippen LogP contribution in [0.3, 0.4) is 0 Å². The summed E-state index contributed by atoms with van der Waals surface area (Å²) in [5.41, 5.74) is 0. The molecule has 0 saturated carbocycles. The van der Waals surface area contributed by atoms with E-state index in [1.807, 2.05) is 6.92 Å². The molecular weight excluding hydrogens is 202 g/mol. The molecule has 0 amide bonds. The first-order chi connectivity index (χ1) is 6.59. The summed E-state index contributed by atoms with van der Waals surface area (Å²) in [5.74, 6) is 0.872. The van der Waals surface area contributed by atoms with Gasteiger partial charge in [0, 0.05) is 13.2 Å². The Morgan fingerprint density at radius 3 is 2.71 bits per heavy atom. The van der Waals surface area contributed by atoms with Crippen molar-refractivity contribution in [2.24, 2.45) is 5.92 Å². The summed E-state index contributed by atoms with van der Waals surface area (Å²) >= 11 is 0. The minimum atomic E-state index is -2.77. The third-order valence-corrected chi connectivity index (χ3v) is 4.44. The third-order valence-electron chi connectivity index (χ3n) is 2.65. The van der Waals surface area contributed by atoms with E-state index in [9.17, 15) is 8.42 Å². The highest BCUT2D eigenvalue weighted by Gasteiger charge is 2.33. The number of hydrogen-bond donors (Lipinski definition) is 1. The molecule has 1 aliphatic rings. The van der Waals surface area contributed by atoms with E-state index < -0.39 is 9.84 Å². The molecule has 14 heavy (non-hydrogen) atoms. The molecule has 84 valence electrons. The molecule has 4 nitrogen and oxygen atoms in total. The summed E-state index contributed by atoms with van der Waals surface area (Å²) in [6.45, 7) is 3.46. The Morgan fingerprint density at radius 1 is 1.57 bits per heavy atom. The highest BCUT2D eigenvalue weighted by Crippen LogP contribution is 2.21. The van der Waals surface area contributed by atoms with Crippen LogP contribution in [0.4, 0.5) is 0 Å². The molecular formula is C9H19NO3S. The minimum absolute atomic E-state index is 0.183. The lowest BCUT2D eigenvalue weighted by atomic mass is 10.00. The number of methoxy groups -OCH3 is 1. The molecule has 0 aromatic carbocycles. The van der Waals surface area contributed by atoms with Crippen molar-refractivity contribution < 1.29 is 13.2 Å². The van der Waals surface area contributed by atoms with Crippen molar-refractivity contribution >= 4 is 9.84 Å². The van der Waals surface area contributed by atoms with Crippen LogP contribution < -0.4 is 5.32 Å². The minimum Gasteiger partial charge on any atom is -0.383 e. The van der Waals surface area contributed by atoms with Crippen LogP contribution in [0.1, 0.15) is 13.3 Å². The van der Waals surface area contributed by atoms with Crippen LogP contribution in [0, 0.1) is 5.92 Å². The number of hydrogen-bond acceptors (Lipinski definition) is 4. The quantitative estimate of drug-likeness (QED) is 0.712. The largest absolute Gasteiger partial charge is 0.383 e. The van der Waals surface area contributed by atoms with Crippen LogP contribution in [-0.4, -0.2) is 46.2 Å². The standard InChI is InChI=1S/C9H19NO3S/c1-3-10-9(6-13-2)8-4-5-14(11,12)7-8/h8-10H,3-7H2,1-2H3. The van der Waals surface area contributed by atoms with Crippen molar-refractivity contribution in [1.82, 2.24) is 5.32 Å². The summed E-state index contributed by atoms with van der Waals surface area (Å²) in [5, 5.41) is 3.27. The fourth-order valence-corrected chi connectivity index (χ4v) is 3.82. The van der Waals surface area contributed by atoms with Gasteiger partial charge in [0.1, 0.15) is 0 Å². The third kappa shape index (κ3) is 3.22. The van der Waals surface area contributed by atoms with Gasteiger partial charge in [0.2, 0.25) is 0 Å². The van der Waals surface area contributed by atoms with Gasteiger partial charge in [-0.2, -0.15) is 0 Å². The van der Waals surface area contributed by atoms with E-state index in [4.69, 9.17) is 4.74 Å². The van der Waals surface area contributed by atoms with Crippen molar-refractivity contribution in [3.05, 3.63) is 0 Å². The van der Waals surface area contributed by atoms with E-state index in [2.05, 4.69) is 5.32 Å². The van der Waals surface area contributed by atoms with Gasteiger partial charge >= 0.3 is 0 Å². The molecule has 0 aromatic rings. The maximum Gasteiger partial charge on any atom is 0.150 e. The SMILES string of the molecule is CCNC(COC)C1CCS(=O)(=O)C1. The van der Waals surface area contributed by atoms with Crippen molar-refractivity contribution in [3.8, 4) is 0 Å². The molecule has 0 radical (unpaired) electrons. The fourth-order valence-electron chi connectivity index (χ4n) is 1.94. The molecule has 2 unspecified atom stereocenters. The summed E-state index contributed by atoms with van der Waals surface area (Å²) < 4.78 is 27.7. The van der Waals surface area contributed by atoms with Crippen molar-refractivity contribution in [1.29, 1.82) is 0 Å². The first-order valence-corrected chi connectivity index (χ1v) is 6.84. The molecule has 0 spiro atoms. The average Bonchev–Trinajstić information content (AvgIpc) is 2.46. The molecule has 2 atom stereocenters. The maximum atomic E-state index is 11.3. The molecule has 1 saturated heterocycles. The molecule has 1 aliphatic heterocycles. The predicted molar refractivity (Wildman–Crippen MR) is 56.1 cm³/mol. The van der Waals surface area contributed by atoms with Crippen LogP contribution in [0.2, 0.25) is 0 Å². The Hall–Kier alpha value is -0.130. The number of sulfone groups is 1. The normalized spacial score (nSPS) is 27.7. The highest BCUT2D eigenvalue weighted by molar-refractivity contribution is 7.91. The van der Waals surface area contributed by atoms with Gasteiger partial charge in [-0.05, 0) is 18.9 Å². The lowest BCUT2D eigenvalue weighted by Gasteiger charge is -2.22. The Bertz CT molecular complexity index is 257. The first-order valence-electron chi connectivity index (χ1n) is 5.02. The molecule has 1 N–H and O–H groups in total. The van der Waals surface area contributed by atoms with E-state index in [0.29, 0.717) is 18.1 Å². The molecule has 0 bridgehead atoms. The predicted octanol–water partition coefficient (Wildman–Crippen LogP) is 0.0456. The number of nitrogens with one attached hydrogen (secondary N) is 1. The highest BCUT2D eigenvalue weighted by atomic mass is 32.2. The van der Waals surface area contributed by atoms with Gasteiger partial charge in [-0.15, -0.1) is 0 Å². The first kappa shape index (κ1) is 11.9. The second kappa shape index (κ2) is 5.09. The van der Waals surface area contributed by atoms with Crippen LogP contribution in [0.5, 0.6) is 0 Å². The van der Waals surface area contributed by atoms with E-state index in [1.165, 1.54) is 0 Å². The van der Waals surface area contributed by atoms with Gasteiger partial charge in [-0.3, -0.25) is 0 Å². The Labute approximate surface area is 85.9 Å². The summed E-state index contributed by atoms with van der Waals surface area (Å²) in [6.07, 6.45) is 0.767. The second-order valence-electron chi connectivity index (χ2n) is 3.78. The Morgan fingerprint density at radius 2 is 2.29 bits per heavy atom. The van der Waals surface area contributed by atoms with Gasteiger partial charge in [0.25, 0.3) is 0 Å². The van der Waals surface area contributed by atoms with Gasteiger partial charge in [0.05, 0.1) is 18.1 Å². The molecule has 1 fully saturated rings. The topological polar surface area (TPSA) is 55.4 Å². The van der Waals surface area contributed by atoms with Gasteiger partial charge in [-0.25, -0.2) is 8.42 Å². The zero-order valence-corrected chi connectivity index (χ0v) is 9.64. The Balaban J connectivity index is 2.52. The van der Waals surface area contributed by atoms with Crippen LogP contribution in [0.25, 0.3) is 0 Å². The number of likely N-dealkylation sites (N-methyl/N-ethyl adjacent to an activating group) is 1. The average molecular weight is 221 g/mol. The van der Waals surface area contributed by atoms with Crippen molar-refractivity contribution in [2.75, 3.05) is 31.8 Å². The van der Waals surface area contributed by atoms with E-state index in [1.54, 1.807) is 7.11 Å². The fraction of sp³-hybridized carbons (Fsp3) is 1.00. The van der Waals surface area contributed by atoms with Crippen LogP contribution in [-0.2, 0) is 14.6 Å². The van der Waals surface area contributed by atoms with E-state index in [-0.39, 0.29) is 12.0 Å². The number of ether oxygens (including phenoxy) is 1. The van der Waals surface area contributed by atoms with Crippen molar-refractivity contribution in [3.63, 3.8) is 0 Å². The van der Waals surface area contributed by atoms with Gasteiger partial charge in [0.15, 0.2) is 9.84 Å². The zero-order valence-electron chi connectivity index (χ0n) is 8.82. The molecule has 1 heterocycles. The lowest BCUT2D eigenvalue weighted by molar-refractivity contribution is 0.145. The van der Waals surface area contributed by atoms with Gasteiger partial charge < -0.3 is 10.1 Å². The summed E-state index contributed by atoms with van der Waals surface area (Å²) in [6, 6.07) is 0.183. The van der Waals surface area contributed by atoms with Crippen LogP contribution in [0.15, 0.2) is 0 Å². The second-order valence-corrected chi connectivity index (χ2v) is 6.01. The number of rotatable bonds is 5. The van der Waals surface area contributed by atoms with Crippen molar-refractivity contribution in [2.45, 2.75) is 19.4 Å².